The van der Waals surface area contributed by atoms with E-state index in [0.29, 0.717) is 16.8 Å². The zero-order chi connectivity index (χ0) is 19.7. The number of hydrogen-bond donors (Lipinski definition) is 0. The Bertz CT molecular complexity index is 1240. The van der Waals surface area contributed by atoms with Gasteiger partial charge in [-0.05, 0) is 31.5 Å². The Morgan fingerprint density at radius 1 is 1.11 bits per heavy atom. The second-order valence-corrected chi connectivity index (χ2v) is 6.38. The first-order chi connectivity index (χ1) is 13.5. The highest BCUT2D eigenvalue weighted by molar-refractivity contribution is 5.89. The molecule has 4 aromatic rings. The summed E-state index contributed by atoms with van der Waals surface area (Å²) in [6.45, 7) is 3.58. The first-order valence-corrected chi connectivity index (χ1v) is 8.61. The molecule has 0 bridgehead atoms. The largest absolute Gasteiger partial charge is 0.450 e. The minimum absolute atomic E-state index is 0.144. The molecule has 0 aliphatic carbocycles. The third-order valence-electron chi connectivity index (χ3n) is 4.26. The van der Waals surface area contributed by atoms with Crippen molar-refractivity contribution in [2.45, 2.75) is 20.5 Å². The van der Waals surface area contributed by atoms with Gasteiger partial charge in [-0.15, -0.1) is 0 Å². The van der Waals surface area contributed by atoms with E-state index in [1.165, 1.54) is 0 Å². The van der Waals surface area contributed by atoms with Crippen molar-refractivity contribution in [3.05, 3.63) is 81.5 Å². The molecule has 0 amide bonds. The van der Waals surface area contributed by atoms with E-state index in [0.717, 1.165) is 22.8 Å². The maximum atomic E-state index is 12.3. The van der Waals surface area contributed by atoms with Crippen LogP contribution in [-0.2, 0) is 11.3 Å². The average Bonchev–Trinajstić information content (AvgIpc) is 3.15. The standard InChI is InChI=1S/C21H16N2O5/c1-12-7-8-17-15(9-12)16(24)10-18(27-17)21(25)26-11-19-22-20(23-28-19)14-6-4-3-5-13(14)2/h3-10H,11H2,1-2H3. The second-order valence-electron chi connectivity index (χ2n) is 6.38. The monoisotopic (exact) mass is 376 g/mol. The minimum Gasteiger partial charge on any atom is -0.450 e. The molecular weight excluding hydrogens is 360 g/mol. The summed E-state index contributed by atoms with van der Waals surface area (Å²) >= 11 is 0. The molecule has 2 heterocycles. The number of fused-ring (bicyclic) bond motifs is 1. The molecule has 0 saturated heterocycles. The molecule has 0 saturated carbocycles. The van der Waals surface area contributed by atoms with Crippen molar-refractivity contribution in [3.8, 4) is 11.4 Å². The summed E-state index contributed by atoms with van der Waals surface area (Å²) < 4.78 is 15.8. The van der Waals surface area contributed by atoms with E-state index in [1.54, 1.807) is 18.2 Å². The number of aromatic nitrogens is 2. The van der Waals surface area contributed by atoms with Gasteiger partial charge < -0.3 is 13.7 Å². The first kappa shape index (κ1) is 17.7. The third-order valence-corrected chi connectivity index (χ3v) is 4.26. The quantitative estimate of drug-likeness (QED) is 0.500. The van der Waals surface area contributed by atoms with E-state index >= 15 is 0 Å². The van der Waals surface area contributed by atoms with Gasteiger partial charge in [0.05, 0.1) is 5.39 Å². The van der Waals surface area contributed by atoms with Gasteiger partial charge >= 0.3 is 5.97 Å². The van der Waals surface area contributed by atoms with E-state index < -0.39 is 5.97 Å². The van der Waals surface area contributed by atoms with Gasteiger partial charge in [-0.25, -0.2) is 4.79 Å². The molecular formula is C21H16N2O5. The molecule has 0 fully saturated rings. The lowest BCUT2D eigenvalue weighted by atomic mass is 10.1. The molecule has 2 aromatic heterocycles. The summed E-state index contributed by atoms with van der Waals surface area (Å²) in [4.78, 5) is 28.7. The summed E-state index contributed by atoms with van der Waals surface area (Å²) in [5, 5.41) is 4.32. The number of ether oxygens (including phenoxy) is 1. The van der Waals surface area contributed by atoms with E-state index in [2.05, 4.69) is 10.1 Å². The fourth-order valence-electron chi connectivity index (χ4n) is 2.82. The van der Waals surface area contributed by atoms with Gasteiger partial charge in [0.15, 0.2) is 12.0 Å². The Morgan fingerprint density at radius 3 is 2.75 bits per heavy atom. The van der Waals surface area contributed by atoms with Gasteiger partial charge in [0.2, 0.25) is 11.6 Å². The van der Waals surface area contributed by atoms with Gasteiger partial charge in [-0.3, -0.25) is 4.79 Å². The Labute approximate surface area is 159 Å². The number of carbonyl (C=O) groups excluding carboxylic acids is 1. The Hall–Kier alpha value is -3.74. The molecule has 7 nitrogen and oxygen atoms in total. The number of benzene rings is 2. The number of aryl methyl sites for hydroxylation is 2. The number of rotatable bonds is 4. The van der Waals surface area contributed by atoms with Crippen LogP contribution in [0.5, 0.6) is 0 Å². The smallest absolute Gasteiger partial charge is 0.374 e. The number of nitrogens with zero attached hydrogens (tertiary/aromatic N) is 2. The highest BCUT2D eigenvalue weighted by Crippen LogP contribution is 2.20. The van der Waals surface area contributed by atoms with Gasteiger partial charge in [0.1, 0.15) is 5.58 Å². The third kappa shape index (κ3) is 3.42. The van der Waals surface area contributed by atoms with Gasteiger partial charge in [0, 0.05) is 11.6 Å². The fraction of sp³-hybridized carbons (Fsp3) is 0.143. The molecule has 0 aliphatic rings. The molecule has 2 aromatic carbocycles. The number of carbonyl (C=O) groups is 1. The van der Waals surface area contributed by atoms with Crippen LogP contribution in [0.4, 0.5) is 0 Å². The summed E-state index contributed by atoms with van der Waals surface area (Å²) in [6, 6.07) is 13.9. The van der Waals surface area contributed by atoms with Crippen molar-refractivity contribution in [1.82, 2.24) is 10.1 Å². The zero-order valence-corrected chi connectivity index (χ0v) is 15.3. The average molecular weight is 376 g/mol. The van der Waals surface area contributed by atoms with Crippen LogP contribution in [-0.4, -0.2) is 16.1 Å². The summed E-state index contributed by atoms with van der Waals surface area (Å²) in [5.74, 6) is -0.405. The highest BCUT2D eigenvalue weighted by atomic mass is 16.6. The van der Waals surface area contributed by atoms with Gasteiger partial charge in [-0.2, -0.15) is 4.98 Å². The second kappa shape index (κ2) is 7.11. The molecule has 0 aliphatic heterocycles. The van der Waals surface area contributed by atoms with Gasteiger partial charge in [0.25, 0.3) is 5.89 Å². The fourth-order valence-corrected chi connectivity index (χ4v) is 2.82. The van der Waals surface area contributed by atoms with Crippen LogP contribution in [0.15, 0.2) is 62.3 Å². The number of esters is 1. The SMILES string of the molecule is Cc1ccc2oc(C(=O)OCc3nc(-c4ccccc4C)no3)cc(=O)c2c1. The summed E-state index contributed by atoms with van der Waals surface area (Å²) in [5.41, 5.74) is 2.77. The maximum Gasteiger partial charge on any atom is 0.374 e. The van der Waals surface area contributed by atoms with Crippen LogP contribution in [0, 0.1) is 13.8 Å². The Kier molecular flexibility index (Phi) is 4.49. The molecule has 0 radical (unpaired) electrons. The molecule has 4 rings (SSSR count). The molecule has 0 N–H and O–H groups in total. The van der Waals surface area contributed by atoms with Crippen LogP contribution in [0.25, 0.3) is 22.4 Å². The van der Waals surface area contributed by atoms with Crippen molar-refractivity contribution in [2.75, 3.05) is 0 Å². The molecule has 0 atom stereocenters. The van der Waals surface area contributed by atoms with Crippen molar-refractivity contribution < 1.29 is 18.5 Å². The van der Waals surface area contributed by atoms with Crippen molar-refractivity contribution in [3.63, 3.8) is 0 Å². The minimum atomic E-state index is -0.782. The highest BCUT2D eigenvalue weighted by Gasteiger charge is 2.17. The number of hydrogen-bond acceptors (Lipinski definition) is 7. The maximum absolute atomic E-state index is 12.3. The lowest BCUT2D eigenvalue weighted by Crippen LogP contribution is -2.10. The Balaban J connectivity index is 1.51. The first-order valence-electron chi connectivity index (χ1n) is 8.61. The molecule has 7 heteroatoms. The Morgan fingerprint density at radius 2 is 1.93 bits per heavy atom. The van der Waals surface area contributed by atoms with E-state index in [1.807, 2.05) is 38.1 Å². The van der Waals surface area contributed by atoms with Crippen molar-refractivity contribution in [1.29, 1.82) is 0 Å². The molecule has 28 heavy (non-hydrogen) atoms. The molecule has 0 spiro atoms. The van der Waals surface area contributed by atoms with E-state index in [-0.39, 0.29) is 23.7 Å². The van der Waals surface area contributed by atoms with Crippen LogP contribution < -0.4 is 5.43 Å². The van der Waals surface area contributed by atoms with Gasteiger partial charge in [-0.1, -0.05) is 41.1 Å². The van der Waals surface area contributed by atoms with Crippen LogP contribution in [0.3, 0.4) is 0 Å². The van der Waals surface area contributed by atoms with Crippen LogP contribution in [0.2, 0.25) is 0 Å². The van der Waals surface area contributed by atoms with E-state index in [4.69, 9.17) is 13.7 Å². The zero-order valence-electron chi connectivity index (χ0n) is 15.3. The van der Waals surface area contributed by atoms with Crippen molar-refractivity contribution in [2.24, 2.45) is 0 Å². The van der Waals surface area contributed by atoms with E-state index in [9.17, 15) is 9.59 Å². The van der Waals surface area contributed by atoms with Crippen molar-refractivity contribution >= 4 is 16.9 Å². The summed E-state index contributed by atoms with van der Waals surface area (Å²) in [7, 11) is 0. The predicted octanol–water partition coefficient (Wildman–Crippen LogP) is 3.82. The lowest BCUT2D eigenvalue weighted by Gasteiger charge is -2.03. The predicted molar refractivity (Wildman–Crippen MR) is 101 cm³/mol. The lowest BCUT2D eigenvalue weighted by molar-refractivity contribution is 0.0394. The van der Waals surface area contributed by atoms with Crippen LogP contribution in [0.1, 0.15) is 27.6 Å². The topological polar surface area (TPSA) is 95.4 Å². The molecule has 0 unspecified atom stereocenters. The normalized spacial score (nSPS) is 10.9. The molecule has 140 valence electrons. The summed E-state index contributed by atoms with van der Waals surface area (Å²) in [6.07, 6.45) is 0. The van der Waals surface area contributed by atoms with Crippen LogP contribution >= 0.6 is 0 Å².